The molecule has 1 heterocycles. The van der Waals surface area contributed by atoms with Crippen molar-refractivity contribution < 1.29 is 14.7 Å². The van der Waals surface area contributed by atoms with Crippen molar-refractivity contribution in [3.63, 3.8) is 0 Å². The molecule has 3 rings (SSSR count). The van der Waals surface area contributed by atoms with E-state index >= 15 is 0 Å². The van der Waals surface area contributed by atoms with Crippen LogP contribution in [0.4, 0.5) is 5.13 Å². The molecular formula is C15H17N2O3S-. The minimum Gasteiger partial charge on any atom is -0.550 e. The average Bonchev–Trinajstić information content (AvgIpc) is 2.89. The molecule has 0 aliphatic heterocycles. The first-order valence-electron chi connectivity index (χ1n) is 7.30. The lowest BCUT2D eigenvalue weighted by molar-refractivity contribution is -0.313. The van der Waals surface area contributed by atoms with Crippen molar-refractivity contribution >= 4 is 28.3 Å². The van der Waals surface area contributed by atoms with Crippen molar-refractivity contribution in [2.45, 2.75) is 38.5 Å². The largest absolute Gasteiger partial charge is 0.550 e. The number of carboxylic acid groups (broad SMARTS) is 1. The Bertz CT molecular complexity index is 570. The Morgan fingerprint density at radius 1 is 1.19 bits per heavy atom. The van der Waals surface area contributed by atoms with E-state index in [4.69, 9.17) is 0 Å². The summed E-state index contributed by atoms with van der Waals surface area (Å²) in [5.74, 6) is -2.73. The molecule has 21 heavy (non-hydrogen) atoms. The lowest BCUT2D eigenvalue weighted by Gasteiger charge is -2.27. The van der Waals surface area contributed by atoms with Crippen molar-refractivity contribution in [3.05, 3.63) is 22.7 Å². The highest BCUT2D eigenvalue weighted by atomic mass is 32.1. The van der Waals surface area contributed by atoms with Gasteiger partial charge in [0.15, 0.2) is 5.13 Å². The van der Waals surface area contributed by atoms with Gasteiger partial charge in [-0.1, -0.05) is 12.2 Å². The van der Waals surface area contributed by atoms with Crippen LogP contribution in [0.25, 0.3) is 0 Å². The van der Waals surface area contributed by atoms with Crippen LogP contribution in [-0.4, -0.2) is 16.9 Å². The van der Waals surface area contributed by atoms with Crippen molar-refractivity contribution in [1.29, 1.82) is 0 Å². The van der Waals surface area contributed by atoms with Gasteiger partial charge in [0.2, 0.25) is 5.91 Å². The standard InChI is InChI=1S/C15H18N2O3S/c18-13(9-5-1-2-6-10(9)14(19)20)17-15-16-11-7-3-4-8-12(11)21-15/h1-2,9-10H,3-8H2,(H,19,20)(H,16,17,18)/p-1/t9-,10-/m1/s1. The van der Waals surface area contributed by atoms with Crippen LogP contribution in [0, 0.1) is 11.8 Å². The fourth-order valence-corrected chi connectivity index (χ4v) is 4.02. The predicted molar refractivity (Wildman–Crippen MR) is 77.7 cm³/mol. The third kappa shape index (κ3) is 3.00. The maximum absolute atomic E-state index is 12.3. The summed E-state index contributed by atoms with van der Waals surface area (Å²) in [5, 5.41) is 14.5. The van der Waals surface area contributed by atoms with E-state index in [2.05, 4.69) is 10.3 Å². The zero-order valence-corrected chi connectivity index (χ0v) is 12.4. The van der Waals surface area contributed by atoms with Crippen LogP contribution in [0.3, 0.4) is 0 Å². The number of allylic oxidation sites excluding steroid dienone is 2. The molecule has 0 radical (unpaired) electrons. The third-order valence-corrected chi connectivity index (χ3v) is 5.22. The Kier molecular flexibility index (Phi) is 4.05. The topological polar surface area (TPSA) is 82.1 Å². The predicted octanol–water partition coefficient (Wildman–Crippen LogP) is 1.29. The fourth-order valence-electron chi connectivity index (χ4n) is 2.97. The van der Waals surface area contributed by atoms with Gasteiger partial charge >= 0.3 is 0 Å². The Balaban J connectivity index is 1.72. The van der Waals surface area contributed by atoms with Crippen molar-refractivity contribution in [3.8, 4) is 0 Å². The van der Waals surface area contributed by atoms with E-state index in [0.29, 0.717) is 18.0 Å². The number of fused-ring (bicyclic) bond motifs is 1. The Morgan fingerprint density at radius 3 is 2.62 bits per heavy atom. The van der Waals surface area contributed by atoms with Crippen LogP contribution in [0.5, 0.6) is 0 Å². The summed E-state index contributed by atoms with van der Waals surface area (Å²) in [6.07, 6.45) is 8.76. The summed E-state index contributed by atoms with van der Waals surface area (Å²) >= 11 is 1.51. The molecule has 2 atom stereocenters. The molecule has 1 N–H and O–H groups in total. The fraction of sp³-hybridized carbons (Fsp3) is 0.533. The van der Waals surface area contributed by atoms with Crippen LogP contribution in [0.2, 0.25) is 0 Å². The van der Waals surface area contributed by atoms with Gasteiger partial charge < -0.3 is 15.2 Å². The Labute approximate surface area is 127 Å². The first-order valence-corrected chi connectivity index (χ1v) is 8.12. The number of hydrogen-bond acceptors (Lipinski definition) is 5. The smallest absolute Gasteiger partial charge is 0.230 e. The molecule has 6 heteroatoms. The molecule has 5 nitrogen and oxygen atoms in total. The van der Waals surface area contributed by atoms with Gasteiger partial charge in [0.05, 0.1) is 11.6 Å². The normalized spacial score (nSPS) is 24.4. The first kappa shape index (κ1) is 14.3. The van der Waals surface area contributed by atoms with E-state index in [-0.39, 0.29) is 5.91 Å². The summed E-state index contributed by atoms with van der Waals surface area (Å²) in [4.78, 5) is 29.2. The van der Waals surface area contributed by atoms with Gasteiger partial charge in [0.1, 0.15) is 0 Å². The number of anilines is 1. The summed E-state index contributed by atoms with van der Waals surface area (Å²) in [6, 6.07) is 0. The monoisotopic (exact) mass is 305 g/mol. The summed E-state index contributed by atoms with van der Waals surface area (Å²) < 4.78 is 0. The number of aliphatic carboxylic acids is 1. The number of amides is 1. The maximum atomic E-state index is 12.3. The number of nitrogens with one attached hydrogen (secondary N) is 1. The quantitative estimate of drug-likeness (QED) is 0.853. The molecular weight excluding hydrogens is 288 g/mol. The van der Waals surface area contributed by atoms with Crippen LogP contribution in [0.15, 0.2) is 12.2 Å². The zero-order chi connectivity index (χ0) is 14.8. The lowest BCUT2D eigenvalue weighted by Crippen LogP contribution is -2.41. The van der Waals surface area contributed by atoms with Gasteiger partial charge in [-0.05, 0) is 38.5 Å². The van der Waals surface area contributed by atoms with Gasteiger partial charge in [-0.25, -0.2) is 4.98 Å². The van der Waals surface area contributed by atoms with Crippen LogP contribution in [-0.2, 0) is 22.4 Å². The Morgan fingerprint density at radius 2 is 1.90 bits per heavy atom. The van der Waals surface area contributed by atoms with Gasteiger partial charge in [0, 0.05) is 16.8 Å². The molecule has 1 aromatic heterocycles. The van der Waals surface area contributed by atoms with Crippen LogP contribution >= 0.6 is 11.3 Å². The second-order valence-corrected chi connectivity index (χ2v) is 6.64. The molecule has 0 spiro atoms. The number of carbonyl (C=O) groups excluding carboxylic acids is 2. The Hall–Kier alpha value is -1.69. The second kappa shape index (κ2) is 5.97. The number of rotatable bonds is 3. The molecule has 0 saturated carbocycles. The van der Waals surface area contributed by atoms with Gasteiger partial charge in [-0.15, -0.1) is 11.3 Å². The molecule has 0 fully saturated rings. The van der Waals surface area contributed by atoms with E-state index in [0.717, 1.165) is 25.0 Å². The molecule has 0 aromatic carbocycles. The molecule has 0 bridgehead atoms. The number of carboxylic acids is 1. The third-order valence-electron chi connectivity index (χ3n) is 4.15. The van der Waals surface area contributed by atoms with E-state index < -0.39 is 17.8 Å². The lowest BCUT2D eigenvalue weighted by atomic mass is 9.82. The molecule has 2 aliphatic carbocycles. The van der Waals surface area contributed by atoms with Crippen molar-refractivity contribution in [2.75, 3.05) is 5.32 Å². The molecule has 0 unspecified atom stereocenters. The number of hydrogen-bond donors (Lipinski definition) is 1. The molecule has 1 aromatic rings. The minimum atomic E-state index is -1.15. The molecule has 2 aliphatic rings. The zero-order valence-electron chi connectivity index (χ0n) is 11.6. The maximum Gasteiger partial charge on any atom is 0.230 e. The number of thiazole rings is 1. The van der Waals surface area contributed by atoms with Crippen LogP contribution < -0.4 is 10.4 Å². The number of nitrogens with zero attached hydrogens (tertiary/aromatic N) is 1. The summed E-state index contributed by atoms with van der Waals surface area (Å²) in [5.41, 5.74) is 1.08. The molecule has 112 valence electrons. The average molecular weight is 305 g/mol. The highest BCUT2D eigenvalue weighted by Crippen LogP contribution is 2.31. The highest BCUT2D eigenvalue weighted by molar-refractivity contribution is 7.15. The number of aryl methyl sites for hydroxylation is 2. The summed E-state index contributed by atoms with van der Waals surface area (Å²) in [7, 11) is 0. The number of aromatic nitrogens is 1. The number of carbonyl (C=O) groups is 2. The van der Waals surface area contributed by atoms with E-state index in [1.54, 1.807) is 6.08 Å². The summed E-state index contributed by atoms with van der Waals surface area (Å²) in [6.45, 7) is 0. The van der Waals surface area contributed by atoms with E-state index in [1.165, 1.54) is 22.6 Å². The minimum absolute atomic E-state index is 0.264. The van der Waals surface area contributed by atoms with Gasteiger partial charge in [0.25, 0.3) is 0 Å². The highest BCUT2D eigenvalue weighted by Gasteiger charge is 2.30. The van der Waals surface area contributed by atoms with Gasteiger partial charge in [-0.3, -0.25) is 4.79 Å². The molecule has 1 amide bonds. The van der Waals surface area contributed by atoms with Crippen molar-refractivity contribution in [1.82, 2.24) is 4.98 Å². The van der Waals surface area contributed by atoms with Crippen molar-refractivity contribution in [2.24, 2.45) is 11.8 Å². The van der Waals surface area contributed by atoms with E-state index in [1.807, 2.05) is 6.08 Å². The van der Waals surface area contributed by atoms with Gasteiger partial charge in [-0.2, -0.15) is 0 Å². The van der Waals surface area contributed by atoms with E-state index in [9.17, 15) is 14.7 Å². The SMILES string of the molecule is O=C([O-])[C@@H]1CC=CC[C@H]1C(=O)Nc1nc2c(s1)CCCC2. The van der Waals surface area contributed by atoms with Crippen LogP contribution in [0.1, 0.15) is 36.3 Å². The first-order chi connectivity index (χ1) is 10.1. The molecule has 0 saturated heterocycles. The second-order valence-electron chi connectivity index (χ2n) is 5.56.